The molecule has 0 fully saturated rings. The lowest BCUT2D eigenvalue weighted by atomic mass is 9.99. The number of amides is 1. The third kappa shape index (κ3) is 4.61. The minimum Gasteiger partial charge on any atom is -0.397 e. The van der Waals surface area contributed by atoms with Crippen molar-refractivity contribution in [3.8, 4) is 22.4 Å². The molecule has 3 N–H and O–H groups in total. The molecule has 1 amide bonds. The van der Waals surface area contributed by atoms with E-state index < -0.39 is 10.8 Å². The number of non-ortho nitro benzene ring substituents is 1. The highest BCUT2D eigenvalue weighted by atomic mass is 35.5. The molecule has 36 heavy (non-hydrogen) atoms. The van der Waals surface area contributed by atoms with Gasteiger partial charge >= 0.3 is 0 Å². The lowest BCUT2D eigenvalue weighted by Crippen LogP contribution is -2.11. The molecule has 2 heterocycles. The first kappa shape index (κ1) is 23.7. The summed E-state index contributed by atoms with van der Waals surface area (Å²) >= 11 is 13.3. The lowest BCUT2D eigenvalue weighted by molar-refractivity contribution is -0.384. The molecule has 0 radical (unpaired) electrons. The number of aromatic nitrogens is 1. The molecule has 5 aromatic rings. The topological polar surface area (TPSA) is 111 Å². The number of carbonyl (C=O) groups excluding carboxylic acids is 1. The first-order valence-corrected chi connectivity index (χ1v) is 12.2. The number of halogens is 2. The maximum Gasteiger partial charge on any atom is 0.269 e. The first-order chi connectivity index (χ1) is 17.3. The molecule has 3 aromatic carbocycles. The van der Waals surface area contributed by atoms with Crippen molar-refractivity contribution >= 4 is 67.7 Å². The summed E-state index contributed by atoms with van der Waals surface area (Å²) in [6.07, 6.45) is 0. The number of nitrogens with two attached hydrogens (primary N) is 1. The quantitative estimate of drug-likeness (QED) is 0.177. The second-order valence-corrected chi connectivity index (χ2v) is 9.72. The summed E-state index contributed by atoms with van der Waals surface area (Å²) in [5, 5.41) is 15.5. The van der Waals surface area contributed by atoms with Gasteiger partial charge < -0.3 is 11.1 Å². The SMILES string of the molecule is Nc1c(C(=O)Nc2ccc([N+](=O)[O-])cc2)sc2nc(-c3ccc(Cl)cc3)cc(-c3ccc(Cl)cc3)c12. The van der Waals surface area contributed by atoms with Crippen LogP contribution in [0.25, 0.3) is 32.6 Å². The highest BCUT2D eigenvalue weighted by Crippen LogP contribution is 2.42. The Morgan fingerprint density at radius 3 is 2.08 bits per heavy atom. The van der Waals surface area contributed by atoms with Gasteiger partial charge in [-0.15, -0.1) is 11.3 Å². The molecule has 0 unspecified atom stereocenters. The number of hydrogen-bond acceptors (Lipinski definition) is 6. The van der Waals surface area contributed by atoms with Crippen molar-refractivity contribution in [2.24, 2.45) is 0 Å². The molecular weight excluding hydrogens is 519 g/mol. The average molecular weight is 535 g/mol. The molecule has 0 aliphatic rings. The van der Waals surface area contributed by atoms with Crippen LogP contribution in [0.4, 0.5) is 17.1 Å². The Bertz CT molecular complexity index is 1620. The number of hydrogen-bond donors (Lipinski definition) is 2. The zero-order chi connectivity index (χ0) is 25.4. The molecule has 0 saturated carbocycles. The van der Waals surface area contributed by atoms with Crippen LogP contribution in [0.2, 0.25) is 10.0 Å². The molecule has 7 nitrogen and oxygen atoms in total. The van der Waals surface area contributed by atoms with Gasteiger partial charge in [0.25, 0.3) is 11.6 Å². The number of anilines is 2. The fraction of sp³-hybridized carbons (Fsp3) is 0. The van der Waals surface area contributed by atoms with Gasteiger partial charge in [-0.05, 0) is 53.6 Å². The van der Waals surface area contributed by atoms with Crippen molar-refractivity contribution in [2.75, 3.05) is 11.1 Å². The third-order valence-electron chi connectivity index (χ3n) is 5.54. The van der Waals surface area contributed by atoms with Crippen LogP contribution in [0.1, 0.15) is 9.67 Å². The summed E-state index contributed by atoms with van der Waals surface area (Å²) in [5.74, 6) is -0.431. The molecule has 178 valence electrons. The van der Waals surface area contributed by atoms with Crippen molar-refractivity contribution in [1.29, 1.82) is 0 Å². The van der Waals surface area contributed by atoms with E-state index in [4.69, 9.17) is 33.9 Å². The van der Waals surface area contributed by atoms with E-state index in [0.717, 1.165) is 16.7 Å². The number of nitrogen functional groups attached to an aromatic ring is 1. The standard InChI is InChI=1S/C26H16Cl2N4O3S/c27-16-5-1-14(2-6-16)20-13-21(15-3-7-17(28)8-4-15)31-26-22(20)23(29)24(36-26)25(33)30-18-9-11-19(12-10-18)32(34)35/h1-13H,29H2,(H,30,33). The molecule has 0 atom stereocenters. The van der Waals surface area contributed by atoms with Gasteiger partial charge in [-0.3, -0.25) is 14.9 Å². The van der Waals surface area contributed by atoms with Crippen LogP contribution in [0.3, 0.4) is 0 Å². The van der Waals surface area contributed by atoms with E-state index in [0.29, 0.717) is 42.2 Å². The van der Waals surface area contributed by atoms with Gasteiger partial charge in [0.15, 0.2) is 0 Å². The van der Waals surface area contributed by atoms with E-state index in [-0.39, 0.29) is 5.69 Å². The molecule has 10 heteroatoms. The summed E-state index contributed by atoms with van der Waals surface area (Å²) in [5.41, 5.74) is 10.4. The molecule has 0 aliphatic carbocycles. The zero-order valence-electron chi connectivity index (χ0n) is 18.4. The summed E-state index contributed by atoms with van der Waals surface area (Å²) in [7, 11) is 0. The fourth-order valence-corrected chi connectivity index (χ4v) is 5.04. The van der Waals surface area contributed by atoms with E-state index in [1.807, 2.05) is 30.3 Å². The molecule has 2 aromatic heterocycles. The number of fused-ring (bicyclic) bond motifs is 1. The number of nitrogens with zero attached hydrogens (tertiary/aromatic N) is 2. The maximum absolute atomic E-state index is 13.1. The largest absolute Gasteiger partial charge is 0.397 e. The molecule has 0 bridgehead atoms. The molecule has 0 saturated heterocycles. The second kappa shape index (κ2) is 9.58. The Kier molecular flexibility index (Phi) is 6.32. The zero-order valence-corrected chi connectivity index (χ0v) is 20.7. The van der Waals surface area contributed by atoms with Gasteiger partial charge in [0.2, 0.25) is 0 Å². The minimum absolute atomic E-state index is 0.0686. The van der Waals surface area contributed by atoms with Crippen LogP contribution in [-0.4, -0.2) is 15.8 Å². The number of nitrogens with one attached hydrogen (secondary N) is 1. The van der Waals surface area contributed by atoms with Crippen LogP contribution in [-0.2, 0) is 0 Å². The number of rotatable bonds is 5. The van der Waals surface area contributed by atoms with E-state index >= 15 is 0 Å². The normalized spacial score (nSPS) is 10.9. The summed E-state index contributed by atoms with van der Waals surface area (Å²) in [6.45, 7) is 0. The minimum atomic E-state index is -0.502. The van der Waals surface area contributed by atoms with Gasteiger partial charge in [0.1, 0.15) is 9.71 Å². The van der Waals surface area contributed by atoms with Gasteiger partial charge in [-0.25, -0.2) is 4.98 Å². The van der Waals surface area contributed by atoms with Crippen LogP contribution < -0.4 is 11.1 Å². The van der Waals surface area contributed by atoms with E-state index in [9.17, 15) is 14.9 Å². The molecule has 0 spiro atoms. The van der Waals surface area contributed by atoms with E-state index in [2.05, 4.69) is 5.32 Å². The monoisotopic (exact) mass is 534 g/mol. The smallest absolute Gasteiger partial charge is 0.269 e. The van der Waals surface area contributed by atoms with Crippen LogP contribution >= 0.6 is 34.5 Å². The van der Waals surface area contributed by atoms with Crippen LogP contribution in [0.15, 0.2) is 78.9 Å². The van der Waals surface area contributed by atoms with Crippen molar-refractivity contribution in [1.82, 2.24) is 4.98 Å². The van der Waals surface area contributed by atoms with E-state index in [1.165, 1.54) is 35.6 Å². The lowest BCUT2D eigenvalue weighted by Gasteiger charge is -2.09. The van der Waals surface area contributed by atoms with E-state index in [1.54, 1.807) is 24.3 Å². The molecular formula is C26H16Cl2N4O3S. The third-order valence-corrected chi connectivity index (χ3v) is 7.14. The number of thiophene rings is 1. The Labute approximate surface area is 219 Å². The molecule has 5 rings (SSSR count). The predicted octanol–water partition coefficient (Wildman–Crippen LogP) is 7.68. The number of nitro groups is 1. The van der Waals surface area contributed by atoms with Crippen molar-refractivity contribution < 1.29 is 9.72 Å². The Morgan fingerprint density at radius 2 is 1.50 bits per heavy atom. The van der Waals surface area contributed by atoms with Crippen molar-refractivity contribution in [3.63, 3.8) is 0 Å². The van der Waals surface area contributed by atoms with Gasteiger partial charge in [-0.1, -0.05) is 47.5 Å². The number of benzene rings is 3. The predicted molar refractivity (Wildman–Crippen MR) is 146 cm³/mol. The Morgan fingerprint density at radius 1 is 0.917 bits per heavy atom. The fourth-order valence-electron chi connectivity index (χ4n) is 3.77. The Hall–Kier alpha value is -3.98. The summed E-state index contributed by atoms with van der Waals surface area (Å²) < 4.78 is 0. The Balaban J connectivity index is 1.61. The summed E-state index contributed by atoms with van der Waals surface area (Å²) in [4.78, 5) is 29.2. The summed E-state index contributed by atoms with van der Waals surface area (Å²) in [6, 6.07) is 22.2. The van der Waals surface area contributed by atoms with Crippen LogP contribution in [0.5, 0.6) is 0 Å². The van der Waals surface area contributed by atoms with Gasteiger partial charge in [0, 0.05) is 38.8 Å². The second-order valence-electron chi connectivity index (χ2n) is 7.85. The number of pyridine rings is 1. The number of carbonyl (C=O) groups is 1. The maximum atomic E-state index is 13.1. The van der Waals surface area contributed by atoms with Crippen LogP contribution in [0, 0.1) is 10.1 Å². The van der Waals surface area contributed by atoms with Crippen molar-refractivity contribution in [3.05, 3.63) is 104 Å². The van der Waals surface area contributed by atoms with Gasteiger partial charge in [0.05, 0.1) is 16.3 Å². The highest BCUT2D eigenvalue weighted by Gasteiger charge is 2.22. The average Bonchev–Trinajstić information content (AvgIpc) is 3.21. The first-order valence-electron chi connectivity index (χ1n) is 10.6. The molecule has 0 aliphatic heterocycles. The van der Waals surface area contributed by atoms with Gasteiger partial charge in [-0.2, -0.15) is 0 Å². The number of nitro benzene ring substituents is 1. The highest BCUT2D eigenvalue weighted by molar-refractivity contribution is 7.21. The van der Waals surface area contributed by atoms with Crippen molar-refractivity contribution in [2.45, 2.75) is 0 Å².